The van der Waals surface area contributed by atoms with Gasteiger partial charge in [0.2, 0.25) is 0 Å². The number of nitrogens with zero attached hydrogens (tertiary/aromatic N) is 1. The van der Waals surface area contributed by atoms with Crippen molar-refractivity contribution < 1.29 is 9.53 Å². The van der Waals surface area contributed by atoms with Crippen molar-refractivity contribution in [2.45, 2.75) is 18.4 Å². The van der Waals surface area contributed by atoms with Gasteiger partial charge in [0.25, 0.3) is 0 Å². The van der Waals surface area contributed by atoms with Gasteiger partial charge in [0, 0.05) is 11.3 Å². The first-order valence-electron chi connectivity index (χ1n) is 5.85. The van der Waals surface area contributed by atoms with Crippen LogP contribution < -0.4 is 5.32 Å². The lowest BCUT2D eigenvalue weighted by molar-refractivity contribution is -0.144. The van der Waals surface area contributed by atoms with Crippen LogP contribution in [0.25, 0.3) is 0 Å². The number of anilines is 1. The molecule has 1 aliphatic heterocycles. The first-order chi connectivity index (χ1) is 9.45. The van der Waals surface area contributed by atoms with Crippen molar-refractivity contribution in [2.24, 2.45) is 0 Å². The molecule has 0 radical (unpaired) electrons. The fourth-order valence-corrected chi connectivity index (χ4v) is 2.73. The normalized spacial score (nSPS) is 15.4. The maximum absolute atomic E-state index is 11.8. The summed E-state index contributed by atoms with van der Waals surface area (Å²) in [5.74, 6) is -0.369. The minimum atomic E-state index is -0.759. The zero-order valence-electron chi connectivity index (χ0n) is 10.5. The second-order valence-corrected chi connectivity index (χ2v) is 5.73. The molecule has 0 bridgehead atoms. The van der Waals surface area contributed by atoms with Crippen LogP contribution in [0.3, 0.4) is 0 Å². The monoisotopic (exact) mass is 379 g/mol. The van der Waals surface area contributed by atoms with E-state index in [1.807, 2.05) is 0 Å². The topological polar surface area (TPSA) is 65.4 Å². The predicted octanol–water partition coefficient (Wildman–Crippen LogP) is 3.44. The van der Waals surface area contributed by atoms with Crippen molar-refractivity contribution in [1.29, 1.82) is 5.41 Å². The fourth-order valence-electron chi connectivity index (χ4n) is 1.84. The molecule has 1 aromatic carbocycles. The Bertz CT molecular complexity index is 568. The fraction of sp³-hybridized carbons (Fsp3) is 0.333. The van der Waals surface area contributed by atoms with Crippen molar-refractivity contribution in [3.8, 4) is 0 Å². The van der Waals surface area contributed by atoms with Gasteiger partial charge in [-0.2, -0.15) is 0 Å². The van der Waals surface area contributed by atoms with Crippen LogP contribution in [0, 0.1) is 5.41 Å². The third kappa shape index (κ3) is 2.87. The van der Waals surface area contributed by atoms with Crippen molar-refractivity contribution in [3.05, 3.63) is 27.7 Å². The highest BCUT2D eigenvalue weighted by Gasteiger charge is 2.31. The van der Waals surface area contributed by atoms with E-state index in [0.29, 0.717) is 15.7 Å². The average molecular weight is 381 g/mol. The van der Waals surface area contributed by atoms with Gasteiger partial charge in [-0.1, -0.05) is 39.1 Å². The molecule has 5 nitrogen and oxygen atoms in total. The van der Waals surface area contributed by atoms with Crippen LogP contribution >= 0.6 is 39.1 Å². The number of halogens is 3. The first-order valence-corrected chi connectivity index (χ1v) is 7.52. The number of ether oxygens (including phenoxy) is 1. The Balaban J connectivity index is 2.29. The number of carbonyl (C=O) groups is 1. The molecular formula is C12H12BrCl2N3O2. The van der Waals surface area contributed by atoms with E-state index in [0.717, 1.165) is 5.56 Å². The van der Waals surface area contributed by atoms with Gasteiger partial charge >= 0.3 is 5.97 Å². The standard InChI is InChI=1S/C12H12BrCl2N3O2/c1-2-20-11(19)10(13)18-5-6-8(17-12(18)16)4-3-7(14)9(6)15/h3-4,10H,2,5H2,1H3,(H2,16,17). The molecule has 1 atom stereocenters. The lowest BCUT2D eigenvalue weighted by Gasteiger charge is -2.34. The summed E-state index contributed by atoms with van der Waals surface area (Å²) in [6, 6.07) is 3.42. The highest BCUT2D eigenvalue weighted by Crippen LogP contribution is 2.35. The van der Waals surface area contributed by atoms with Gasteiger partial charge in [-0.05, 0) is 19.1 Å². The third-order valence-electron chi connectivity index (χ3n) is 2.82. The molecule has 8 heteroatoms. The van der Waals surface area contributed by atoms with E-state index in [1.165, 1.54) is 4.90 Å². The quantitative estimate of drug-likeness (QED) is 0.479. The summed E-state index contributed by atoms with van der Waals surface area (Å²) >= 11 is 15.4. The van der Waals surface area contributed by atoms with Crippen molar-refractivity contribution in [2.75, 3.05) is 11.9 Å². The van der Waals surface area contributed by atoms with E-state index >= 15 is 0 Å². The summed E-state index contributed by atoms with van der Waals surface area (Å²) in [5, 5.41) is 11.7. The minimum Gasteiger partial charge on any atom is -0.464 e. The van der Waals surface area contributed by atoms with Crippen LogP contribution in [0.2, 0.25) is 10.0 Å². The van der Waals surface area contributed by atoms with E-state index in [2.05, 4.69) is 21.2 Å². The van der Waals surface area contributed by atoms with Gasteiger partial charge in [0.15, 0.2) is 10.9 Å². The Labute approximate surface area is 134 Å². The Kier molecular flexibility index (Phi) is 4.78. The van der Waals surface area contributed by atoms with E-state index in [9.17, 15) is 4.79 Å². The molecule has 1 unspecified atom stereocenters. The van der Waals surface area contributed by atoms with E-state index in [1.54, 1.807) is 19.1 Å². The van der Waals surface area contributed by atoms with Crippen LogP contribution in [-0.4, -0.2) is 28.4 Å². The third-order valence-corrected chi connectivity index (χ3v) is 4.53. The SMILES string of the molecule is CCOC(=O)C(Br)N1Cc2c(ccc(Cl)c2Cl)NC1=N. The molecule has 0 amide bonds. The number of esters is 1. The number of hydrogen-bond acceptors (Lipinski definition) is 3. The number of guanidine groups is 1. The highest BCUT2D eigenvalue weighted by atomic mass is 79.9. The molecule has 0 saturated carbocycles. The van der Waals surface area contributed by atoms with E-state index in [4.69, 9.17) is 33.3 Å². The van der Waals surface area contributed by atoms with Crippen molar-refractivity contribution >= 4 is 56.7 Å². The highest BCUT2D eigenvalue weighted by molar-refractivity contribution is 9.09. The van der Waals surface area contributed by atoms with Crippen LogP contribution in [0.15, 0.2) is 12.1 Å². The smallest absolute Gasteiger partial charge is 0.340 e. The molecule has 1 aliphatic rings. The number of nitrogens with one attached hydrogen (secondary N) is 2. The number of rotatable bonds is 3. The number of alkyl halides is 1. The van der Waals surface area contributed by atoms with Gasteiger partial charge in [-0.3, -0.25) is 5.41 Å². The maximum atomic E-state index is 11.8. The Hall–Kier alpha value is -0.980. The summed E-state index contributed by atoms with van der Waals surface area (Å²) in [4.78, 5) is 12.5. The molecule has 1 heterocycles. The summed E-state index contributed by atoms with van der Waals surface area (Å²) in [5.41, 5.74) is 1.45. The van der Waals surface area contributed by atoms with Crippen molar-refractivity contribution in [1.82, 2.24) is 4.90 Å². The average Bonchev–Trinajstić information content (AvgIpc) is 2.42. The van der Waals surface area contributed by atoms with Crippen LogP contribution in [0.4, 0.5) is 5.69 Å². The zero-order chi connectivity index (χ0) is 14.9. The number of benzene rings is 1. The van der Waals surface area contributed by atoms with Gasteiger partial charge in [-0.15, -0.1) is 0 Å². The summed E-state index contributed by atoms with van der Waals surface area (Å²) in [6.45, 7) is 2.29. The zero-order valence-corrected chi connectivity index (χ0v) is 13.6. The largest absolute Gasteiger partial charge is 0.464 e. The van der Waals surface area contributed by atoms with Gasteiger partial charge in [0.05, 0.1) is 23.2 Å². The molecule has 2 N–H and O–H groups in total. The van der Waals surface area contributed by atoms with Crippen LogP contribution in [-0.2, 0) is 16.1 Å². The molecule has 20 heavy (non-hydrogen) atoms. The predicted molar refractivity (Wildman–Crippen MR) is 82.7 cm³/mol. The van der Waals surface area contributed by atoms with Gasteiger partial charge in [-0.25, -0.2) is 4.79 Å². The Morgan fingerprint density at radius 3 is 2.95 bits per heavy atom. The van der Waals surface area contributed by atoms with Gasteiger partial charge in [0.1, 0.15) is 0 Å². The second kappa shape index (κ2) is 6.20. The molecule has 0 spiro atoms. The summed E-state index contributed by atoms with van der Waals surface area (Å²) < 4.78 is 4.94. The van der Waals surface area contributed by atoms with Crippen molar-refractivity contribution in [3.63, 3.8) is 0 Å². The van der Waals surface area contributed by atoms with E-state index < -0.39 is 10.9 Å². The Morgan fingerprint density at radius 2 is 2.30 bits per heavy atom. The molecule has 0 fully saturated rings. The lowest BCUT2D eigenvalue weighted by atomic mass is 10.1. The lowest BCUT2D eigenvalue weighted by Crippen LogP contribution is -2.47. The maximum Gasteiger partial charge on any atom is 0.340 e. The number of hydrogen-bond donors (Lipinski definition) is 2. The first kappa shape index (κ1) is 15.4. The molecule has 108 valence electrons. The second-order valence-electron chi connectivity index (χ2n) is 4.08. The summed E-state index contributed by atoms with van der Waals surface area (Å²) in [6.07, 6.45) is 0. The molecule has 2 rings (SSSR count). The molecule has 0 saturated heterocycles. The molecule has 0 aliphatic carbocycles. The van der Waals surface area contributed by atoms with E-state index in [-0.39, 0.29) is 19.1 Å². The summed E-state index contributed by atoms with van der Waals surface area (Å²) in [7, 11) is 0. The van der Waals surface area contributed by atoms with Crippen LogP contribution in [0.5, 0.6) is 0 Å². The van der Waals surface area contributed by atoms with Gasteiger partial charge < -0.3 is 15.0 Å². The Morgan fingerprint density at radius 1 is 1.60 bits per heavy atom. The molecule has 0 aromatic heterocycles. The molecule has 1 aromatic rings. The number of carbonyl (C=O) groups excluding carboxylic acids is 1. The minimum absolute atomic E-state index is 0.0887. The van der Waals surface area contributed by atoms with Crippen LogP contribution in [0.1, 0.15) is 12.5 Å². The number of fused-ring (bicyclic) bond motifs is 1. The molecular weight excluding hydrogens is 369 g/mol.